The molecule has 47 heavy (non-hydrogen) atoms. The molecular weight excluding hydrogens is 596 g/mol. The van der Waals surface area contributed by atoms with Gasteiger partial charge in [-0.05, 0) is 105 Å². The highest BCUT2D eigenvalue weighted by Crippen LogP contribution is 2.26. The van der Waals surface area contributed by atoms with E-state index in [1.54, 1.807) is 73.7 Å². The Morgan fingerprint density at radius 3 is 1.64 bits per heavy atom. The van der Waals surface area contributed by atoms with Gasteiger partial charge in [0.1, 0.15) is 23.0 Å². The van der Waals surface area contributed by atoms with Crippen LogP contribution in [0.1, 0.15) is 104 Å². The van der Waals surface area contributed by atoms with Crippen molar-refractivity contribution < 1.29 is 38.4 Å². The van der Waals surface area contributed by atoms with E-state index < -0.39 is 18.2 Å². The van der Waals surface area contributed by atoms with Gasteiger partial charge in [-0.3, -0.25) is 0 Å². The SMILES string of the molecule is C=CC(O)OCCCCCCCCOc1ccc(C(=O)Oc2ccc(OC(=O)c3ccc(OCCCCCCC)cc3)c(C)c2)cc1. The van der Waals surface area contributed by atoms with Crippen molar-refractivity contribution in [1.29, 1.82) is 0 Å². The molecule has 0 aliphatic carbocycles. The second-order valence-electron chi connectivity index (χ2n) is 11.5. The summed E-state index contributed by atoms with van der Waals surface area (Å²) in [5, 5.41) is 9.26. The summed E-state index contributed by atoms with van der Waals surface area (Å²) in [6, 6.07) is 18.7. The number of unbranched alkanes of at least 4 members (excludes halogenated alkanes) is 9. The number of hydrogen-bond donors (Lipinski definition) is 1. The standard InChI is InChI=1S/C39H50O8/c1-4-6-7-10-13-26-43-34-22-18-32(19-23-34)39(42)47-36-25-24-35(29-30(36)3)46-38(41)31-16-20-33(21-17-31)44-27-14-11-8-9-12-15-28-45-37(40)5-2/h5,16-25,29,37,40H,2,4,6-15,26-28H2,1,3H3. The normalized spacial score (nSPS) is 11.5. The van der Waals surface area contributed by atoms with Crippen LogP contribution in [0.25, 0.3) is 0 Å². The summed E-state index contributed by atoms with van der Waals surface area (Å²) in [5.74, 6) is 1.19. The Balaban J connectivity index is 1.35. The molecule has 3 rings (SSSR count). The van der Waals surface area contributed by atoms with Crippen molar-refractivity contribution in [2.45, 2.75) is 90.8 Å². The Morgan fingerprint density at radius 1 is 0.660 bits per heavy atom. The third-order valence-corrected chi connectivity index (χ3v) is 7.55. The first-order valence-electron chi connectivity index (χ1n) is 16.8. The largest absolute Gasteiger partial charge is 0.494 e. The first kappa shape index (κ1) is 37.3. The predicted octanol–water partition coefficient (Wildman–Crippen LogP) is 9.02. The minimum absolute atomic E-state index is 0.353. The van der Waals surface area contributed by atoms with Gasteiger partial charge in [-0.25, -0.2) is 9.59 Å². The van der Waals surface area contributed by atoms with Gasteiger partial charge in [-0.15, -0.1) is 0 Å². The molecule has 0 aliphatic rings. The molecular formula is C39H50O8. The van der Waals surface area contributed by atoms with E-state index in [1.807, 2.05) is 0 Å². The molecule has 0 bridgehead atoms. The zero-order chi connectivity index (χ0) is 33.7. The highest BCUT2D eigenvalue weighted by molar-refractivity contribution is 5.92. The number of esters is 2. The molecule has 0 aromatic heterocycles. The Morgan fingerprint density at radius 2 is 1.13 bits per heavy atom. The summed E-state index contributed by atoms with van der Waals surface area (Å²) in [6.45, 7) is 9.26. The monoisotopic (exact) mass is 646 g/mol. The van der Waals surface area contributed by atoms with Crippen molar-refractivity contribution in [3.63, 3.8) is 0 Å². The molecule has 0 radical (unpaired) electrons. The first-order chi connectivity index (χ1) is 22.9. The summed E-state index contributed by atoms with van der Waals surface area (Å²) in [4.78, 5) is 25.5. The third-order valence-electron chi connectivity index (χ3n) is 7.55. The Labute approximate surface area is 279 Å². The number of ether oxygens (including phenoxy) is 5. The van der Waals surface area contributed by atoms with E-state index in [0.717, 1.165) is 57.1 Å². The molecule has 1 unspecified atom stereocenters. The second-order valence-corrected chi connectivity index (χ2v) is 11.5. The van der Waals surface area contributed by atoms with Crippen LogP contribution in [0, 0.1) is 6.92 Å². The lowest BCUT2D eigenvalue weighted by Crippen LogP contribution is -2.10. The zero-order valence-electron chi connectivity index (χ0n) is 27.9. The van der Waals surface area contributed by atoms with E-state index in [9.17, 15) is 14.7 Å². The molecule has 0 saturated heterocycles. The molecule has 0 fully saturated rings. The van der Waals surface area contributed by atoms with Crippen LogP contribution in [0.2, 0.25) is 0 Å². The van der Waals surface area contributed by atoms with Gasteiger partial charge in [-0.1, -0.05) is 64.9 Å². The number of aliphatic hydroxyl groups excluding tert-OH is 1. The number of carbonyl (C=O) groups is 2. The number of aryl methyl sites for hydroxylation is 1. The van der Waals surface area contributed by atoms with Crippen molar-refractivity contribution in [2.24, 2.45) is 0 Å². The molecule has 0 heterocycles. The minimum Gasteiger partial charge on any atom is -0.494 e. The average Bonchev–Trinajstić information content (AvgIpc) is 3.08. The van der Waals surface area contributed by atoms with Crippen LogP contribution >= 0.6 is 0 Å². The van der Waals surface area contributed by atoms with Gasteiger partial charge < -0.3 is 28.8 Å². The Hall–Kier alpha value is -4.14. The van der Waals surface area contributed by atoms with Crippen molar-refractivity contribution in [2.75, 3.05) is 19.8 Å². The van der Waals surface area contributed by atoms with Gasteiger partial charge in [-0.2, -0.15) is 0 Å². The van der Waals surface area contributed by atoms with Crippen LogP contribution in [0.4, 0.5) is 0 Å². The first-order valence-corrected chi connectivity index (χ1v) is 16.8. The van der Waals surface area contributed by atoms with Crippen LogP contribution in [0.3, 0.4) is 0 Å². The van der Waals surface area contributed by atoms with Crippen LogP contribution in [0.15, 0.2) is 79.4 Å². The highest BCUT2D eigenvalue weighted by atomic mass is 16.6. The summed E-state index contributed by atoms with van der Waals surface area (Å²) < 4.78 is 27.9. The zero-order valence-corrected chi connectivity index (χ0v) is 27.9. The van der Waals surface area contributed by atoms with Crippen LogP contribution < -0.4 is 18.9 Å². The van der Waals surface area contributed by atoms with E-state index in [-0.39, 0.29) is 0 Å². The van der Waals surface area contributed by atoms with E-state index >= 15 is 0 Å². The smallest absolute Gasteiger partial charge is 0.343 e. The number of hydrogen-bond acceptors (Lipinski definition) is 8. The molecule has 0 aliphatic heterocycles. The predicted molar refractivity (Wildman–Crippen MR) is 184 cm³/mol. The van der Waals surface area contributed by atoms with Gasteiger partial charge in [0.05, 0.1) is 30.9 Å². The number of carbonyl (C=O) groups excluding carboxylic acids is 2. The molecule has 1 N–H and O–H groups in total. The Kier molecular flexibility index (Phi) is 17.2. The van der Waals surface area contributed by atoms with E-state index in [4.69, 9.17) is 23.7 Å². The van der Waals surface area contributed by atoms with E-state index in [1.165, 1.54) is 25.3 Å². The van der Waals surface area contributed by atoms with Crippen molar-refractivity contribution in [3.05, 3.63) is 96.1 Å². The topological polar surface area (TPSA) is 101 Å². The lowest BCUT2D eigenvalue weighted by atomic mass is 10.1. The average molecular weight is 647 g/mol. The molecule has 8 nitrogen and oxygen atoms in total. The molecule has 0 saturated carbocycles. The van der Waals surface area contributed by atoms with Gasteiger partial charge in [0.15, 0.2) is 6.29 Å². The number of aliphatic hydroxyl groups is 1. The fraction of sp³-hybridized carbons (Fsp3) is 0.436. The highest BCUT2D eigenvalue weighted by Gasteiger charge is 2.14. The van der Waals surface area contributed by atoms with Crippen molar-refractivity contribution in [3.8, 4) is 23.0 Å². The summed E-state index contributed by atoms with van der Waals surface area (Å²) in [7, 11) is 0. The van der Waals surface area contributed by atoms with Crippen LogP contribution in [-0.2, 0) is 4.74 Å². The maximum absolute atomic E-state index is 12.7. The maximum atomic E-state index is 12.7. The molecule has 254 valence electrons. The van der Waals surface area contributed by atoms with E-state index in [0.29, 0.717) is 53.8 Å². The van der Waals surface area contributed by atoms with Crippen molar-refractivity contribution in [1.82, 2.24) is 0 Å². The summed E-state index contributed by atoms with van der Waals surface area (Å²) >= 11 is 0. The van der Waals surface area contributed by atoms with E-state index in [2.05, 4.69) is 13.5 Å². The number of benzene rings is 3. The van der Waals surface area contributed by atoms with Gasteiger partial charge in [0.25, 0.3) is 0 Å². The lowest BCUT2D eigenvalue weighted by molar-refractivity contribution is -0.0648. The van der Waals surface area contributed by atoms with Crippen LogP contribution in [0.5, 0.6) is 23.0 Å². The quantitative estimate of drug-likeness (QED) is 0.0358. The van der Waals surface area contributed by atoms with Crippen molar-refractivity contribution >= 4 is 11.9 Å². The lowest BCUT2D eigenvalue weighted by Gasteiger charge is -2.11. The van der Waals surface area contributed by atoms with Gasteiger partial charge in [0.2, 0.25) is 0 Å². The molecule has 8 heteroatoms. The van der Waals surface area contributed by atoms with Gasteiger partial charge in [0, 0.05) is 0 Å². The maximum Gasteiger partial charge on any atom is 0.343 e. The third kappa shape index (κ3) is 14.4. The Bertz CT molecular complexity index is 1350. The molecule has 1 atom stereocenters. The van der Waals surface area contributed by atoms with Crippen LogP contribution in [-0.4, -0.2) is 43.2 Å². The number of rotatable bonds is 23. The molecule has 0 spiro atoms. The fourth-order valence-corrected chi connectivity index (χ4v) is 4.77. The molecule has 3 aromatic carbocycles. The second kappa shape index (κ2) is 21.6. The molecule has 0 amide bonds. The molecule has 3 aromatic rings. The fourth-order valence-electron chi connectivity index (χ4n) is 4.77. The summed E-state index contributed by atoms with van der Waals surface area (Å²) in [6.07, 6.45) is 12.6. The minimum atomic E-state index is -0.876. The van der Waals surface area contributed by atoms with Gasteiger partial charge >= 0.3 is 11.9 Å². The summed E-state index contributed by atoms with van der Waals surface area (Å²) in [5.41, 5.74) is 1.48.